The van der Waals surface area contributed by atoms with Crippen molar-refractivity contribution in [2.24, 2.45) is 0 Å². The van der Waals surface area contributed by atoms with Crippen molar-refractivity contribution in [3.05, 3.63) is 77.7 Å². The first-order valence-electron chi connectivity index (χ1n) is 8.69. The summed E-state index contributed by atoms with van der Waals surface area (Å²) < 4.78 is 5.31. The SMILES string of the molecule is COc1ccccc1CCNC(=O)c1cc(Nc2ccccc2C#N)ncn1. The van der Waals surface area contributed by atoms with Crippen LogP contribution in [0.3, 0.4) is 0 Å². The molecule has 0 bridgehead atoms. The average molecular weight is 373 g/mol. The summed E-state index contributed by atoms with van der Waals surface area (Å²) in [5.41, 5.74) is 2.37. The van der Waals surface area contributed by atoms with Crippen molar-refractivity contribution < 1.29 is 9.53 Å². The van der Waals surface area contributed by atoms with Crippen LogP contribution in [0, 0.1) is 11.3 Å². The minimum absolute atomic E-state index is 0.243. The highest BCUT2D eigenvalue weighted by Gasteiger charge is 2.10. The quantitative estimate of drug-likeness (QED) is 0.660. The number of hydrogen-bond donors (Lipinski definition) is 2. The van der Waals surface area contributed by atoms with Crippen molar-refractivity contribution in [2.75, 3.05) is 19.0 Å². The summed E-state index contributed by atoms with van der Waals surface area (Å²) in [6, 6.07) is 18.4. The molecule has 0 spiro atoms. The molecule has 140 valence electrons. The number of hydrogen-bond acceptors (Lipinski definition) is 6. The zero-order valence-electron chi connectivity index (χ0n) is 15.3. The maximum atomic E-state index is 12.4. The fourth-order valence-corrected chi connectivity index (χ4v) is 2.69. The molecule has 3 aromatic rings. The van der Waals surface area contributed by atoms with Gasteiger partial charge in [-0.15, -0.1) is 0 Å². The monoisotopic (exact) mass is 373 g/mol. The van der Waals surface area contributed by atoms with Crippen LogP contribution in [0.2, 0.25) is 0 Å². The second-order valence-corrected chi connectivity index (χ2v) is 5.89. The number of nitrogens with zero attached hydrogens (tertiary/aromatic N) is 3. The third-order valence-corrected chi connectivity index (χ3v) is 4.08. The molecule has 2 N–H and O–H groups in total. The van der Waals surface area contributed by atoms with Crippen molar-refractivity contribution in [2.45, 2.75) is 6.42 Å². The molecule has 0 aliphatic heterocycles. The largest absolute Gasteiger partial charge is 0.496 e. The lowest BCUT2D eigenvalue weighted by atomic mass is 10.1. The zero-order valence-corrected chi connectivity index (χ0v) is 15.3. The summed E-state index contributed by atoms with van der Waals surface area (Å²) in [4.78, 5) is 20.5. The number of para-hydroxylation sites is 2. The second kappa shape index (κ2) is 9.14. The van der Waals surface area contributed by atoms with Crippen LogP contribution in [-0.2, 0) is 6.42 Å². The highest BCUT2D eigenvalue weighted by atomic mass is 16.5. The molecule has 1 amide bonds. The van der Waals surface area contributed by atoms with Crippen molar-refractivity contribution in [3.63, 3.8) is 0 Å². The molecule has 1 heterocycles. The molecule has 0 aliphatic rings. The summed E-state index contributed by atoms with van der Waals surface area (Å²) >= 11 is 0. The summed E-state index contributed by atoms with van der Waals surface area (Å²) in [5, 5.41) is 15.1. The van der Waals surface area contributed by atoms with Crippen molar-refractivity contribution in [1.82, 2.24) is 15.3 Å². The minimum Gasteiger partial charge on any atom is -0.496 e. The van der Waals surface area contributed by atoms with E-state index in [1.54, 1.807) is 31.4 Å². The van der Waals surface area contributed by atoms with Gasteiger partial charge < -0.3 is 15.4 Å². The lowest BCUT2D eigenvalue weighted by Gasteiger charge is -2.10. The number of nitriles is 1. The summed E-state index contributed by atoms with van der Waals surface area (Å²) in [7, 11) is 1.62. The molecule has 7 heteroatoms. The Morgan fingerprint density at radius 3 is 2.75 bits per heavy atom. The first-order valence-corrected chi connectivity index (χ1v) is 8.69. The van der Waals surface area contributed by atoms with Gasteiger partial charge in [0.05, 0.1) is 18.4 Å². The maximum Gasteiger partial charge on any atom is 0.270 e. The van der Waals surface area contributed by atoms with E-state index in [-0.39, 0.29) is 11.6 Å². The van der Waals surface area contributed by atoms with E-state index < -0.39 is 0 Å². The lowest BCUT2D eigenvalue weighted by molar-refractivity contribution is 0.0949. The normalized spacial score (nSPS) is 10.0. The van der Waals surface area contributed by atoms with Gasteiger partial charge >= 0.3 is 0 Å². The number of amides is 1. The molecule has 0 radical (unpaired) electrons. The van der Waals surface area contributed by atoms with Crippen molar-refractivity contribution in [1.29, 1.82) is 5.26 Å². The Morgan fingerprint density at radius 2 is 1.93 bits per heavy atom. The lowest BCUT2D eigenvalue weighted by Crippen LogP contribution is -2.26. The first-order chi connectivity index (χ1) is 13.7. The Balaban J connectivity index is 1.63. The second-order valence-electron chi connectivity index (χ2n) is 5.89. The molecule has 1 aromatic heterocycles. The Bertz CT molecular complexity index is 1010. The number of carbonyl (C=O) groups excluding carboxylic acids is 1. The Hall–Kier alpha value is -3.92. The zero-order chi connectivity index (χ0) is 19.8. The molecule has 7 nitrogen and oxygen atoms in total. The van der Waals surface area contributed by atoms with Gasteiger partial charge in [0, 0.05) is 12.6 Å². The van der Waals surface area contributed by atoms with E-state index in [4.69, 9.17) is 4.74 Å². The van der Waals surface area contributed by atoms with Crippen LogP contribution in [0.5, 0.6) is 5.75 Å². The van der Waals surface area contributed by atoms with E-state index >= 15 is 0 Å². The molecule has 0 aliphatic carbocycles. The molecule has 0 saturated carbocycles. The third-order valence-electron chi connectivity index (χ3n) is 4.08. The Labute approximate surface area is 163 Å². The van der Waals surface area contributed by atoms with E-state index in [1.807, 2.05) is 30.3 Å². The number of anilines is 2. The molecular formula is C21H19N5O2. The predicted octanol–water partition coefficient (Wildman–Crippen LogP) is 3.07. The molecule has 28 heavy (non-hydrogen) atoms. The topological polar surface area (TPSA) is 99.9 Å². The average Bonchev–Trinajstić information content (AvgIpc) is 2.74. The number of aromatic nitrogens is 2. The summed E-state index contributed by atoms with van der Waals surface area (Å²) in [6.07, 6.45) is 1.95. The van der Waals surface area contributed by atoms with Gasteiger partial charge in [0.1, 0.15) is 29.7 Å². The smallest absolute Gasteiger partial charge is 0.270 e. The van der Waals surface area contributed by atoms with E-state index in [0.29, 0.717) is 30.0 Å². The van der Waals surface area contributed by atoms with Crippen LogP contribution in [0.1, 0.15) is 21.6 Å². The van der Waals surface area contributed by atoms with Crippen LogP contribution in [0.4, 0.5) is 11.5 Å². The van der Waals surface area contributed by atoms with E-state index in [1.165, 1.54) is 6.33 Å². The molecule has 0 fully saturated rings. The number of ether oxygens (including phenoxy) is 1. The molecule has 0 unspecified atom stereocenters. The molecule has 0 saturated heterocycles. The number of rotatable bonds is 7. The summed E-state index contributed by atoms with van der Waals surface area (Å²) in [5.74, 6) is 0.933. The van der Waals surface area contributed by atoms with Crippen LogP contribution in [-0.4, -0.2) is 29.5 Å². The van der Waals surface area contributed by atoms with Crippen LogP contribution in [0.15, 0.2) is 60.9 Å². The van der Waals surface area contributed by atoms with Gasteiger partial charge in [0.25, 0.3) is 5.91 Å². The molecule has 2 aromatic carbocycles. The van der Waals surface area contributed by atoms with E-state index in [9.17, 15) is 10.1 Å². The summed E-state index contributed by atoms with van der Waals surface area (Å²) in [6.45, 7) is 0.448. The Morgan fingerprint density at radius 1 is 1.14 bits per heavy atom. The Kier molecular flexibility index (Phi) is 6.16. The minimum atomic E-state index is -0.297. The third kappa shape index (κ3) is 4.62. The van der Waals surface area contributed by atoms with Crippen LogP contribution in [0.25, 0.3) is 0 Å². The van der Waals surface area contributed by atoms with Gasteiger partial charge in [-0.1, -0.05) is 30.3 Å². The predicted molar refractivity (Wildman–Crippen MR) is 106 cm³/mol. The highest BCUT2D eigenvalue weighted by Crippen LogP contribution is 2.19. The fraction of sp³-hybridized carbons (Fsp3) is 0.143. The van der Waals surface area contributed by atoms with Crippen molar-refractivity contribution >= 4 is 17.4 Å². The fourth-order valence-electron chi connectivity index (χ4n) is 2.69. The number of carbonyl (C=O) groups is 1. The van der Waals surface area contributed by atoms with Gasteiger partial charge in [-0.2, -0.15) is 5.26 Å². The van der Waals surface area contributed by atoms with Crippen molar-refractivity contribution in [3.8, 4) is 11.8 Å². The van der Waals surface area contributed by atoms with Gasteiger partial charge in [0.15, 0.2) is 0 Å². The standard InChI is InChI=1S/C21H19N5O2/c1-28-19-9-5-3-6-15(19)10-11-23-21(27)18-12-20(25-14-24-18)26-17-8-4-2-7-16(17)13-22/h2-9,12,14H,10-11H2,1H3,(H,23,27)(H,24,25,26). The highest BCUT2D eigenvalue weighted by molar-refractivity contribution is 5.93. The number of methoxy groups -OCH3 is 1. The first kappa shape index (κ1) is 18.9. The molecular weight excluding hydrogens is 354 g/mol. The number of benzene rings is 2. The van der Waals surface area contributed by atoms with Crippen LogP contribution >= 0.6 is 0 Å². The van der Waals surface area contributed by atoms with Gasteiger partial charge in [-0.3, -0.25) is 4.79 Å². The van der Waals surface area contributed by atoms with E-state index in [2.05, 4.69) is 26.7 Å². The molecule has 0 atom stereocenters. The molecule has 3 rings (SSSR count). The van der Waals surface area contributed by atoms with Gasteiger partial charge in [-0.25, -0.2) is 9.97 Å². The van der Waals surface area contributed by atoms with E-state index in [0.717, 1.165) is 11.3 Å². The van der Waals surface area contributed by atoms with Gasteiger partial charge in [-0.05, 0) is 30.2 Å². The number of nitrogens with one attached hydrogen (secondary N) is 2. The maximum absolute atomic E-state index is 12.4. The van der Waals surface area contributed by atoms with Crippen LogP contribution < -0.4 is 15.4 Å². The van der Waals surface area contributed by atoms with Gasteiger partial charge in [0.2, 0.25) is 0 Å².